The Labute approximate surface area is 133 Å². The first-order valence-electron chi connectivity index (χ1n) is 6.37. The minimum Gasteiger partial charge on any atom is -0.268 e. The van der Waals surface area contributed by atoms with Crippen molar-refractivity contribution < 1.29 is 8.42 Å². The summed E-state index contributed by atoms with van der Waals surface area (Å²) in [7, 11) is -3.60. The molecule has 0 aliphatic carbocycles. The highest BCUT2D eigenvalue weighted by Gasteiger charge is 2.30. The van der Waals surface area contributed by atoms with Crippen molar-refractivity contribution in [2.75, 3.05) is 17.8 Å². The lowest BCUT2D eigenvalue weighted by Gasteiger charge is -2.34. The van der Waals surface area contributed by atoms with Crippen LogP contribution >= 0.6 is 27.5 Å². The maximum absolute atomic E-state index is 12.4. The van der Waals surface area contributed by atoms with Crippen molar-refractivity contribution in [2.24, 2.45) is 11.8 Å². The van der Waals surface area contributed by atoms with Crippen LogP contribution in [0.1, 0.15) is 20.3 Å². The summed E-state index contributed by atoms with van der Waals surface area (Å²) < 4.78 is 29.5. The van der Waals surface area contributed by atoms with Crippen LogP contribution in [0.5, 0.6) is 0 Å². The molecule has 1 saturated heterocycles. The molecule has 2 rings (SSSR count). The lowest BCUT2D eigenvalue weighted by atomic mass is 9.94. The van der Waals surface area contributed by atoms with Gasteiger partial charge in [-0.25, -0.2) is 4.98 Å². The van der Waals surface area contributed by atoms with Crippen LogP contribution in [0.25, 0.3) is 0 Å². The molecule has 0 saturated carbocycles. The van der Waals surface area contributed by atoms with E-state index < -0.39 is 10.2 Å². The van der Waals surface area contributed by atoms with E-state index in [9.17, 15) is 8.42 Å². The lowest BCUT2D eigenvalue weighted by Crippen LogP contribution is -2.45. The van der Waals surface area contributed by atoms with E-state index in [2.05, 4.69) is 39.5 Å². The minimum atomic E-state index is -3.60. The summed E-state index contributed by atoms with van der Waals surface area (Å²) in [5, 5.41) is 0.134. The van der Waals surface area contributed by atoms with Crippen LogP contribution in [0.2, 0.25) is 5.15 Å². The number of nitrogens with one attached hydrogen (secondary N) is 1. The smallest absolute Gasteiger partial charge is 0.268 e. The molecule has 1 aliphatic heterocycles. The van der Waals surface area contributed by atoms with Crippen LogP contribution in [0.4, 0.5) is 5.69 Å². The zero-order valence-electron chi connectivity index (χ0n) is 11.3. The van der Waals surface area contributed by atoms with Crippen LogP contribution in [0.3, 0.4) is 0 Å². The molecule has 0 radical (unpaired) electrons. The van der Waals surface area contributed by atoms with Gasteiger partial charge in [-0.1, -0.05) is 25.4 Å². The molecule has 0 spiro atoms. The van der Waals surface area contributed by atoms with Crippen LogP contribution in [-0.2, 0) is 10.2 Å². The van der Waals surface area contributed by atoms with Crippen molar-refractivity contribution in [3.63, 3.8) is 0 Å². The summed E-state index contributed by atoms with van der Waals surface area (Å²) in [5.74, 6) is 0.706. The zero-order valence-corrected chi connectivity index (χ0v) is 14.5. The van der Waals surface area contributed by atoms with Crippen molar-refractivity contribution in [3.05, 3.63) is 21.9 Å². The second-order valence-corrected chi connectivity index (χ2v) is 8.31. The molecule has 1 aromatic heterocycles. The predicted octanol–water partition coefficient (Wildman–Crippen LogP) is 3.13. The first-order chi connectivity index (χ1) is 9.28. The molecule has 1 N–H and O–H groups in total. The van der Waals surface area contributed by atoms with Gasteiger partial charge in [0.25, 0.3) is 0 Å². The third-order valence-electron chi connectivity index (χ3n) is 3.22. The Morgan fingerprint density at radius 1 is 1.40 bits per heavy atom. The highest BCUT2D eigenvalue weighted by molar-refractivity contribution is 9.10. The standard InChI is InChI=1S/C12H17BrClN3O2S/c1-8-3-9(2)7-17(6-8)20(18,19)16-11-4-10(13)5-15-12(11)14/h4-5,8-9,16H,3,6-7H2,1-2H3. The zero-order chi connectivity index (χ0) is 14.9. The quantitative estimate of drug-likeness (QED) is 0.817. The van der Waals surface area contributed by atoms with Gasteiger partial charge in [0, 0.05) is 23.8 Å². The molecule has 1 aliphatic rings. The van der Waals surface area contributed by atoms with Crippen molar-refractivity contribution in [1.82, 2.24) is 9.29 Å². The molecule has 2 unspecified atom stereocenters. The third-order valence-corrected chi connectivity index (χ3v) is 5.41. The number of anilines is 1. The average Bonchev–Trinajstić information content (AvgIpc) is 2.32. The normalized spacial score (nSPS) is 24.6. The van der Waals surface area contributed by atoms with Crippen molar-refractivity contribution in [3.8, 4) is 0 Å². The maximum Gasteiger partial charge on any atom is 0.301 e. The van der Waals surface area contributed by atoms with Gasteiger partial charge < -0.3 is 0 Å². The second-order valence-electron chi connectivity index (χ2n) is 5.36. The Morgan fingerprint density at radius 3 is 2.60 bits per heavy atom. The van der Waals surface area contributed by atoms with E-state index >= 15 is 0 Å². The fraction of sp³-hybridized carbons (Fsp3) is 0.583. The molecule has 0 bridgehead atoms. The van der Waals surface area contributed by atoms with Gasteiger partial charge in [-0.15, -0.1) is 0 Å². The fourth-order valence-corrected chi connectivity index (χ4v) is 4.50. The molecule has 2 heterocycles. The van der Waals surface area contributed by atoms with E-state index in [0.717, 1.165) is 6.42 Å². The topological polar surface area (TPSA) is 62.3 Å². The third kappa shape index (κ3) is 3.84. The summed E-state index contributed by atoms with van der Waals surface area (Å²) in [6, 6.07) is 1.60. The number of pyridine rings is 1. The minimum absolute atomic E-state index is 0.134. The Kier molecular flexibility index (Phi) is 4.94. The number of piperidine rings is 1. The van der Waals surface area contributed by atoms with Crippen LogP contribution in [-0.4, -0.2) is 30.8 Å². The highest BCUT2D eigenvalue weighted by atomic mass is 79.9. The van der Waals surface area contributed by atoms with Gasteiger partial charge in [0.1, 0.15) is 0 Å². The second kappa shape index (κ2) is 6.17. The van der Waals surface area contributed by atoms with Crippen molar-refractivity contribution in [2.45, 2.75) is 20.3 Å². The van der Waals surface area contributed by atoms with Crippen LogP contribution in [0.15, 0.2) is 16.7 Å². The molecule has 20 heavy (non-hydrogen) atoms. The number of nitrogens with zero attached hydrogens (tertiary/aromatic N) is 2. The monoisotopic (exact) mass is 381 g/mol. The van der Waals surface area contributed by atoms with E-state index in [0.29, 0.717) is 29.4 Å². The van der Waals surface area contributed by atoms with Gasteiger partial charge >= 0.3 is 10.2 Å². The van der Waals surface area contributed by atoms with Crippen molar-refractivity contribution in [1.29, 1.82) is 0 Å². The Balaban J connectivity index is 2.20. The van der Waals surface area contributed by atoms with Gasteiger partial charge in [0.05, 0.1) is 5.69 Å². The first kappa shape index (κ1) is 16.0. The van der Waals surface area contributed by atoms with Crippen LogP contribution < -0.4 is 4.72 Å². The van der Waals surface area contributed by atoms with E-state index in [4.69, 9.17) is 11.6 Å². The maximum atomic E-state index is 12.4. The fourth-order valence-electron chi connectivity index (χ4n) is 2.50. The van der Waals surface area contributed by atoms with E-state index in [1.165, 1.54) is 10.5 Å². The molecule has 2 atom stereocenters. The average molecular weight is 383 g/mol. The summed E-state index contributed by atoms with van der Waals surface area (Å²) in [5.41, 5.74) is 0.284. The van der Waals surface area contributed by atoms with Crippen molar-refractivity contribution >= 4 is 43.4 Å². The molecule has 5 nitrogen and oxygen atoms in total. The van der Waals surface area contributed by atoms with Gasteiger partial charge in [-0.2, -0.15) is 12.7 Å². The molecular formula is C12H17BrClN3O2S. The van der Waals surface area contributed by atoms with E-state index in [1.54, 1.807) is 6.07 Å². The predicted molar refractivity (Wildman–Crippen MR) is 84.0 cm³/mol. The summed E-state index contributed by atoms with van der Waals surface area (Å²) in [6.45, 7) is 5.18. The summed E-state index contributed by atoms with van der Waals surface area (Å²) in [4.78, 5) is 3.91. The summed E-state index contributed by atoms with van der Waals surface area (Å²) >= 11 is 9.17. The lowest BCUT2D eigenvalue weighted by molar-refractivity contribution is 0.223. The SMILES string of the molecule is CC1CC(C)CN(S(=O)(=O)Nc2cc(Br)cnc2Cl)C1. The number of rotatable bonds is 3. The first-order valence-corrected chi connectivity index (χ1v) is 8.98. The van der Waals surface area contributed by atoms with Gasteiger partial charge in [0.2, 0.25) is 0 Å². The highest BCUT2D eigenvalue weighted by Crippen LogP contribution is 2.27. The van der Waals surface area contributed by atoms with E-state index in [-0.39, 0.29) is 10.8 Å². The largest absolute Gasteiger partial charge is 0.301 e. The summed E-state index contributed by atoms with van der Waals surface area (Å²) in [6.07, 6.45) is 2.57. The Hall–Kier alpha value is -0.370. The molecular weight excluding hydrogens is 366 g/mol. The number of aromatic nitrogens is 1. The molecule has 1 aromatic rings. The van der Waals surface area contributed by atoms with Gasteiger partial charge in [-0.3, -0.25) is 4.72 Å². The van der Waals surface area contributed by atoms with Gasteiger partial charge in [-0.05, 0) is 40.3 Å². The number of halogens is 2. The molecule has 1 fully saturated rings. The number of hydrogen-bond acceptors (Lipinski definition) is 3. The molecule has 0 aromatic carbocycles. The molecule has 8 heteroatoms. The molecule has 112 valence electrons. The van der Waals surface area contributed by atoms with Gasteiger partial charge in [0.15, 0.2) is 5.15 Å². The molecule has 0 amide bonds. The Bertz CT molecular complexity index is 586. The van der Waals surface area contributed by atoms with Crippen LogP contribution in [0, 0.1) is 11.8 Å². The number of hydrogen-bond donors (Lipinski definition) is 1. The van der Waals surface area contributed by atoms with E-state index in [1.807, 2.05) is 0 Å². The Morgan fingerprint density at radius 2 is 2.00 bits per heavy atom.